The fraction of sp³-hybridized carbons (Fsp3) is 0.667. The molecule has 1 aromatic rings. The van der Waals surface area contributed by atoms with Crippen LogP contribution in [0, 0.1) is 5.92 Å². The van der Waals surface area contributed by atoms with E-state index in [1.165, 1.54) is 45.1 Å². The van der Waals surface area contributed by atoms with Crippen LogP contribution in [0.4, 0.5) is 5.82 Å². The summed E-state index contributed by atoms with van der Waals surface area (Å²) in [7, 11) is 4.31. The average Bonchev–Trinajstić information content (AvgIpc) is 3.16. The van der Waals surface area contributed by atoms with Gasteiger partial charge in [-0.15, -0.1) is 0 Å². The Balaban J connectivity index is 1.54. The summed E-state index contributed by atoms with van der Waals surface area (Å²) < 4.78 is 0. The third-order valence-corrected chi connectivity index (χ3v) is 6.08. The summed E-state index contributed by atoms with van der Waals surface area (Å²) in [6.07, 6.45) is 7.64. The number of anilines is 1. The highest BCUT2D eigenvalue weighted by Crippen LogP contribution is 2.30. The summed E-state index contributed by atoms with van der Waals surface area (Å²) >= 11 is 6.52. The third-order valence-electron chi connectivity index (χ3n) is 5.79. The van der Waals surface area contributed by atoms with Crippen molar-refractivity contribution in [1.82, 2.24) is 14.8 Å². The van der Waals surface area contributed by atoms with E-state index in [1.54, 1.807) is 0 Å². The van der Waals surface area contributed by atoms with Crippen molar-refractivity contribution < 1.29 is 0 Å². The SMILES string of the molecule is C=C(c1ccc(N2CCC(CCCN(C)C)CC2)nc1Cl)N1CCCC1. The molecule has 0 aromatic carbocycles. The Labute approximate surface area is 163 Å². The zero-order valence-electron chi connectivity index (χ0n) is 16.4. The third kappa shape index (κ3) is 4.92. The van der Waals surface area contributed by atoms with Gasteiger partial charge in [0.05, 0.1) is 0 Å². The second-order valence-corrected chi connectivity index (χ2v) is 8.38. The van der Waals surface area contributed by atoms with E-state index in [1.807, 2.05) is 0 Å². The molecule has 0 amide bonds. The first-order valence-corrected chi connectivity index (χ1v) is 10.4. The molecule has 26 heavy (non-hydrogen) atoms. The van der Waals surface area contributed by atoms with E-state index in [9.17, 15) is 0 Å². The van der Waals surface area contributed by atoms with Crippen LogP contribution >= 0.6 is 11.6 Å². The Kier molecular flexibility index (Phi) is 6.82. The number of hydrogen-bond donors (Lipinski definition) is 0. The maximum Gasteiger partial charge on any atom is 0.140 e. The van der Waals surface area contributed by atoms with Crippen LogP contribution < -0.4 is 4.90 Å². The van der Waals surface area contributed by atoms with Crippen molar-refractivity contribution in [3.8, 4) is 0 Å². The van der Waals surface area contributed by atoms with Crippen molar-refractivity contribution >= 4 is 23.1 Å². The molecule has 3 rings (SSSR count). The Morgan fingerprint density at radius 2 is 1.88 bits per heavy atom. The van der Waals surface area contributed by atoms with Gasteiger partial charge in [-0.1, -0.05) is 18.2 Å². The second-order valence-electron chi connectivity index (χ2n) is 8.02. The molecule has 0 bridgehead atoms. The van der Waals surface area contributed by atoms with Gasteiger partial charge in [0.15, 0.2) is 0 Å². The molecule has 2 aliphatic heterocycles. The highest BCUT2D eigenvalue weighted by Gasteiger charge is 2.22. The van der Waals surface area contributed by atoms with Gasteiger partial charge < -0.3 is 14.7 Å². The molecule has 5 heteroatoms. The molecular formula is C21H33ClN4. The fourth-order valence-electron chi connectivity index (χ4n) is 4.12. The molecule has 4 nitrogen and oxygen atoms in total. The Morgan fingerprint density at radius 3 is 2.50 bits per heavy atom. The van der Waals surface area contributed by atoms with Crippen molar-refractivity contribution in [1.29, 1.82) is 0 Å². The van der Waals surface area contributed by atoms with Crippen LogP contribution in [0.2, 0.25) is 5.15 Å². The van der Waals surface area contributed by atoms with Crippen LogP contribution in [-0.2, 0) is 0 Å². The number of nitrogens with zero attached hydrogens (tertiary/aromatic N) is 4. The smallest absolute Gasteiger partial charge is 0.140 e. The van der Waals surface area contributed by atoms with Crippen LogP contribution in [0.25, 0.3) is 5.70 Å². The predicted octanol–water partition coefficient (Wildman–Crippen LogP) is 4.36. The number of aromatic nitrogens is 1. The molecule has 0 unspecified atom stereocenters. The highest BCUT2D eigenvalue weighted by molar-refractivity contribution is 6.31. The standard InChI is InChI=1S/C21H33ClN4/c1-17(25-13-4-5-14-25)19-8-9-20(23-21(19)22)26-15-10-18(11-16-26)7-6-12-24(2)3/h8-9,18H,1,4-7,10-16H2,2-3H3. The normalized spacial score (nSPS) is 18.8. The molecule has 144 valence electrons. The van der Waals surface area contributed by atoms with Gasteiger partial charge in [0.2, 0.25) is 0 Å². The van der Waals surface area contributed by atoms with E-state index < -0.39 is 0 Å². The zero-order chi connectivity index (χ0) is 18.5. The second kappa shape index (κ2) is 9.09. The predicted molar refractivity (Wildman–Crippen MR) is 112 cm³/mol. The molecule has 0 spiro atoms. The largest absolute Gasteiger partial charge is 0.371 e. The lowest BCUT2D eigenvalue weighted by atomic mass is 9.92. The number of pyridine rings is 1. The molecule has 2 aliphatic rings. The quantitative estimate of drug-likeness (QED) is 0.659. The number of halogens is 1. The summed E-state index contributed by atoms with van der Waals surface area (Å²) in [5.41, 5.74) is 2.00. The van der Waals surface area contributed by atoms with E-state index in [-0.39, 0.29) is 0 Å². The van der Waals surface area contributed by atoms with Gasteiger partial charge in [-0.2, -0.15) is 0 Å². The Morgan fingerprint density at radius 1 is 1.19 bits per heavy atom. The van der Waals surface area contributed by atoms with Crippen molar-refractivity contribution in [3.63, 3.8) is 0 Å². The van der Waals surface area contributed by atoms with E-state index in [4.69, 9.17) is 16.6 Å². The van der Waals surface area contributed by atoms with Crippen LogP contribution in [0.5, 0.6) is 0 Å². The highest BCUT2D eigenvalue weighted by atomic mass is 35.5. The lowest BCUT2D eigenvalue weighted by Gasteiger charge is -2.33. The lowest BCUT2D eigenvalue weighted by Crippen LogP contribution is -2.34. The summed E-state index contributed by atoms with van der Waals surface area (Å²) in [6, 6.07) is 4.23. The maximum atomic E-state index is 6.52. The van der Waals surface area contributed by atoms with Crippen molar-refractivity contribution in [2.24, 2.45) is 5.92 Å². The van der Waals surface area contributed by atoms with E-state index in [2.05, 4.69) is 47.5 Å². The molecule has 2 saturated heterocycles. The van der Waals surface area contributed by atoms with Gasteiger partial charge in [0.1, 0.15) is 11.0 Å². The molecule has 1 aromatic heterocycles. The minimum atomic E-state index is 0.590. The number of hydrogen-bond acceptors (Lipinski definition) is 4. The maximum absolute atomic E-state index is 6.52. The van der Waals surface area contributed by atoms with E-state index >= 15 is 0 Å². The van der Waals surface area contributed by atoms with Gasteiger partial charge in [0, 0.05) is 37.4 Å². The summed E-state index contributed by atoms with van der Waals surface area (Å²) in [5.74, 6) is 1.87. The fourth-order valence-corrected chi connectivity index (χ4v) is 4.38. The molecule has 2 fully saturated rings. The number of likely N-dealkylation sites (tertiary alicyclic amines) is 1. The first-order valence-electron chi connectivity index (χ1n) is 10.0. The molecular weight excluding hydrogens is 344 g/mol. The van der Waals surface area contributed by atoms with Gasteiger partial charge in [0.25, 0.3) is 0 Å². The minimum Gasteiger partial charge on any atom is -0.371 e. The van der Waals surface area contributed by atoms with Crippen LogP contribution in [0.15, 0.2) is 18.7 Å². The molecule has 0 aliphatic carbocycles. The summed E-state index contributed by atoms with van der Waals surface area (Å²) in [6.45, 7) is 9.77. The van der Waals surface area contributed by atoms with E-state index in [0.717, 1.165) is 49.2 Å². The first-order chi connectivity index (χ1) is 12.5. The van der Waals surface area contributed by atoms with Gasteiger partial charge in [-0.3, -0.25) is 0 Å². The van der Waals surface area contributed by atoms with Crippen molar-refractivity contribution in [2.75, 3.05) is 51.7 Å². The number of piperidine rings is 1. The molecule has 3 heterocycles. The van der Waals surface area contributed by atoms with Crippen molar-refractivity contribution in [2.45, 2.75) is 38.5 Å². The van der Waals surface area contributed by atoms with Crippen LogP contribution in [0.3, 0.4) is 0 Å². The van der Waals surface area contributed by atoms with Gasteiger partial charge in [-0.05, 0) is 77.2 Å². The van der Waals surface area contributed by atoms with Crippen LogP contribution in [0.1, 0.15) is 44.1 Å². The van der Waals surface area contributed by atoms with E-state index in [0.29, 0.717) is 5.15 Å². The topological polar surface area (TPSA) is 22.6 Å². The monoisotopic (exact) mass is 376 g/mol. The van der Waals surface area contributed by atoms with Crippen LogP contribution in [-0.4, -0.2) is 61.6 Å². The minimum absolute atomic E-state index is 0.590. The Hall–Kier alpha value is -1.26. The molecule has 0 saturated carbocycles. The lowest BCUT2D eigenvalue weighted by molar-refractivity contribution is 0.331. The molecule has 0 atom stereocenters. The first kappa shape index (κ1) is 19.5. The van der Waals surface area contributed by atoms with Gasteiger partial charge >= 0.3 is 0 Å². The average molecular weight is 377 g/mol. The molecule has 0 radical (unpaired) electrons. The summed E-state index contributed by atoms with van der Waals surface area (Å²) in [4.78, 5) is 11.7. The molecule has 0 N–H and O–H groups in total. The Bertz CT molecular complexity index is 602. The van der Waals surface area contributed by atoms with Crippen molar-refractivity contribution in [3.05, 3.63) is 29.4 Å². The number of rotatable bonds is 7. The zero-order valence-corrected chi connectivity index (χ0v) is 17.1. The summed E-state index contributed by atoms with van der Waals surface area (Å²) in [5, 5.41) is 0.590. The van der Waals surface area contributed by atoms with Gasteiger partial charge in [-0.25, -0.2) is 4.98 Å².